The molecule has 0 spiro atoms. The number of rotatable bonds is 4. The van der Waals surface area contributed by atoms with E-state index in [1.807, 2.05) is 6.92 Å². The van der Waals surface area contributed by atoms with E-state index in [2.05, 4.69) is 5.32 Å². The molecule has 0 heterocycles. The number of hydrogen-bond donors (Lipinski definition) is 2. The summed E-state index contributed by atoms with van der Waals surface area (Å²) in [6, 6.07) is 3.55. The van der Waals surface area contributed by atoms with Crippen molar-refractivity contribution >= 4 is 11.6 Å². The highest BCUT2D eigenvalue weighted by Gasteiger charge is 2.46. The third kappa shape index (κ3) is 2.13. The van der Waals surface area contributed by atoms with Gasteiger partial charge >= 0.3 is 0 Å². The number of hydrogen-bond acceptors (Lipinski definition) is 4. The summed E-state index contributed by atoms with van der Waals surface area (Å²) in [4.78, 5) is 11.9. The molecular weight excluding hydrogens is 232 g/mol. The van der Waals surface area contributed by atoms with Gasteiger partial charge < -0.3 is 20.5 Å². The Morgan fingerprint density at radius 2 is 2.00 bits per heavy atom. The summed E-state index contributed by atoms with van der Waals surface area (Å²) in [5, 5.41) is 2.81. The van der Waals surface area contributed by atoms with Gasteiger partial charge in [-0.2, -0.15) is 0 Å². The average molecular weight is 250 g/mol. The minimum absolute atomic E-state index is 0.162. The molecule has 0 aromatic heterocycles. The fourth-order valence-corrected chi connectivity index (χ4v) is 1.86. The molecule has 5 nitrogen and oxygen atoms in total. The molecule has 0 atom stereocenters. The highest BCUT2D eigenvalue weighted by Crippen LogP contribution is 2.38. The standard InChI is InChI=1S/C13H18N2O3/c1-8-10(17-2)5-4-9(11(8)18-3)15-12(16)13(14)6-7-13/h4-5H,6-7,14H2,1-3H3,(H,15,16). The van der Waals surface area contributed by atoms with Crippen molar-refractivity contribution < 1.29 is 14.3 Å². The van der Waals surface area contributed by atoms with Crippen molar-refractivity contribution in [3.05, 3.63) is 17.7 Å². The van der Waals surface area contributed by atoms with Crippen molar-refractivity contribution in [2.75, 3.05) is 19.5 Å². The molecule has 0 aliphatic heterocycles. The third-order valence-corrected chi connectivity index (χ3v) is 3.27. The number of anilines is 1. The lowest BCUT2D eigenvalue weighted by atomic mass is 10.1. The molecule has 1 aromatic carbocycles. The number of methoxy groups -OCH3 is 2. The first-order chi connectivity index (χ1) is 8.51. The highest BCUT2D eigenvalue weighted by molar-refractivity contribution is 6.01. The first-order valence-electron chi connectivity index (χ1n) is 5.84. The van der Waals surface area contributed by atoms with Crippen LogP contribution >= 0.6 is 0 Å². The van der Waals surface area contributed by atoms with Crippen LogP contribution in [0.15, 0.2) is 12.1 Å². The highest BCUT2D eigenvalue weighted by atomic mass is 16.5. The molecular formula is C13H18N2O3. The molecule has 0 saturated heterocycles. The maximum atomic E-state index is 11.9. The molecule has 0 unspecified atom stereocenters. The zero-order chi connectivity index (χ0) is 13.3. The SMILES string of the molecule is COc1ccc(NC(=O)C2(N)CC2)c(OC)c1C. The van der Waals surface area contributed by atoms with Crippen molar-refractivity contribution in [1.29, 1.82) is 0 Å². The van der Waals surface area contributed by atoms with Gasteiger partial charge in [0.2, 0.25) is 5.91 Å². The van der Waals surface area contributed by atoms with Crippen LogP contribution in [-0.2, 0) is 4.79 Å². The number of ether oxygens (including phenoxy) is 2. The van der Waals surface area contributed by atoms with Crippen LogP contribution in [0.3, 0.4) is 0 Å². The van der Waals surface area contributed by atoms with Crippen LogP contribution in [0.5, 0.6) is 11.5 Å². The molecule has 1 amide bonds. The number of carbonyl (C=O) groups is 1. The number of amides is 1. The number of nitrogens with two attached hydrogens (primary N) is 1. The van der Waals surface area contributed by atoms with Gasteiger partial charge in [0, 0.05) is 5.56 Å². The summed E-state index contributed by atoms with van der Waals surface area (Å²) >= 11 is 0. The normalized spacial score (nSPS) is 16.0. The van der Waals surface area contributed by atoms with Crippen LogP contribution in [0.25, 0.3) is 0 Å². The van der Waals surface area contributed by atoms with Crippen LogP contribution in [0.1, 0.15) is 18.4 Å². The predicted molar refractivity (Wildman–Crippen MR) is 69.1 cm³/mol. The van der Waals surface area contributed by atoms with Crippen molar-refractivity contribution in [3.8, 4) is 11.5 Å². The topological polar surface area (TPSA) is 73.6 Å². The summed E-state index contributed by atoms with van der Waals surface area (Å²) in [5.74, 6) is 1.16. The molecule has 98 valence electrons. The zero-order valence-corrected chi connectivity index (χ0v) is 10.9. The van der Waals surface area contributed by atoms with E-state index in [1.165, 1.54) is 0 Å². The molecule has 1 aromatic rings. The van der Waals surface area contributed by atoms with Crippen LogP contribution in [0.4, 0.5) is 5.69 Å². The summed E-state index contributed by atoms with van der Waals surface area (Å²) < 4.78 is 10.5. The Labute approximate surface area is 106 Å². The van der Waals surface area contributed by atoms with Gasteiger partial charge in [-0.3, -0.25) is 4.79 Å². The molecule has 18 heavy (non-hydrogen) atoms. The predicted octanol–water partition coefficient (Wildman–Crippen LogP) is 1.44. The Hall–Kier alpha value is -1.75. The minimum Gasteiger partial charge on any atom is -0.496 e. The van der Waals surface area contributed by atoms with Crippen molar-refractivity contribution in [2.45, 2.75) is 25.3 Å². The molecule has 1 aliphatic rings. The number of benzene rings is 1. The lowest BCUT2D eigenvalue weighted by Gasteiger charge is -2.16. The summed E-state index contributed by atoms with van der Waals surface area (Å²) in [6.07, 6.45) is 1.46. The zero-order valence-electron chi connectivity index (χ0n) is 10.9. The van der Waals surface area contributed by atoms with Crippen molar-refractivity contribution in [2.24, 2.45) is 5.73 Å². The molecule has 1 saturated carbocycles. The first kappa shape index (κ1) is 12.7. The Morgan fingerprint density at radius 3 is 2.50 bits per heavy atom. The molecule has 3 N–H and O–H groups in total. The van der Waals surface area contributed by atoms with Crippen LogP contribution in [0, 0.1) is 6.92 Å². The lowest BCUT2D eigenvalue weighted by molar-refractivity contribution is -0.118. The fraction of sp³-hybridized carbons (Fsp3) is 0.462. The molecule has 1 fully saturated rings. The summed E-state index contributed by atoms with van der Waals surface area (Å²) in [6.45, 7) is 1.88. The van der Waals surface area contributed by atoms with Gasteiger partial charge in [0.25, 0.3) is 0 Å². The van der Waals surface area contributed by atoms with Crippen LogP contribution < -0.4 is 20.5 Å². The molecule has 2 rings (SSSR count). The largest absolute Gasteiger partial charge is 0.496 e. The van der Waals surface area contributed by atoms with Gasteiger partial charge in [0.05, 0.1) is 25.4 Å². The van der Waals surface area contributed by atoms with E-state index in [1.54, 1.807) is 26.4 Å². The quantitative estimate of drug-likeness (QED) is 0.848. The van der Waals surface area contributed by atoms with E-state index in [4.69, 9.17) is 15.2 Å². The number of nitrogens with one attached hydrogen (secondary N) is 1. The first-order valence-corrected chi connectivity index (χ1v) is 5.84. The average Bonchev–Trinajstić information content (AvgIpc) is 3.09. The van der Waals surface area contributed by atoms with Crippen molar-refractivity contribution in [1.82, 2.24) is 0 Å². The minimum atomic E-state index is -0.696. The summed E-state index contributed by atoms with van der Waals surface area (Å²) in [5.41, 5.74) is 6.62. The fourth-order valence-electron chi connectivity index (χ4n) is 1.86. The maximum Gasteiger partial charge on any atom is 0.244 e. The van der Waals surface area contributed by atoms with Gasteiger partial charge in [-0.05, 0) is 31.9 Å². The van der Waals surface area contributed by atoms with E-state index >= 15 is 0 Å². The summed E-state index contributed by atoms with van der Waals surface area (Å²) in [7, 11) is 3.16. The Balaban J connectivity index is 2.27. The molecule has 1 aliphatic carbocycles. The van der Waals surface area contributed by atoms with Crippen LogP contribution in [-0.4, -0.2) is 25.7 Å². The van der Waals surface area contributed by atoms with Gasteiger partial charge in [-0.15, -0.1) is 0 Å². The van der Waals surface area contributed by atoms with Gasteiger partial charge in [-0.1, -0.05) is 0 Å². The smallest absolute Gasteiger partial charge is 0.244 e. The van der Waals surface area contributed by atoms with Gasteiger partial charge in [-0.25, -0.2) is 0 Å². The van der Waals surface area contributed by atoms with E-state index in [9.17, 15) is 4.79 Å². The van der Waals surface area contributed by atoms with E-state index in [-0.39, 0.29) is 5.91 Å². The number of carbonyl (C=O) groups excluding carboxylic acids is 1. The van der Waals surface area contributed by atoms with Gasteiger partial charge in [0.1, 0.15) is 11.5 Å². The molecule has 0 bridgehead atoms. The monoisotopic (exact) mass is 250 g/mol. The van der Waals surface area contributed by atoms with Crippen LogP contribution in [0.2, 0.25) is 0 Å². The van der Waals surface area contributed by atoms with Crippen molar-refractivity contribution in [3.63, 3.8) is 0 Å². The Bertz CT molecular complexity index is 481. The van der Waals surface area contributed by atoms with E-state index in [0.717, 1.165) is 24.2 Å². The molecule has 5 heteroatoms. The Kier molecular flexibility index (Phi) is 3.17. The van der Waals surface area contributed by atoms with Gasteiger partial charge in [0.15, 0.2) is 0 Å². The molecule has 0 radical (unpaired) electrons. The Morgan fingerprint density at radius 1 is 1.33 bits per heavy atom. The second kappa shape index (κ2) is 4.49. The second-order valence-corrected chi connectivity index (χ2v) is 4.58. The third-order valence-electron chi connectivity index (χ3n) is 3.27. The van der Waals surface area contributed by atoms with E-state index in [0.29, 0.717) is 11.4 Å². The lowest BCUT2D eigenvalue weighted by Crippen LogP contribution is -2.37. The van der Waals surface area contributed by atoms with E-state index < -0.39 is 5.54 Å². The maximum absolute atomic E-state index is 11.9. The second-order valence-electron chi connectivity index (χ2n) is 4.58.